The number of hydroxylamine groups is 1. The van der Waals surface area contributed by atoms with E-state index in [4.69, 9.17) is 15.7 Å². The number of nitrogens with zero attached hydrogens (tertiary/aromatic N) is 1. The molecule has 180 valence electrons. The van der Waals surface area contributed by atoms with Crippen LogP contribution in [0.3, 0.4) is 0 Å². The lowest BCUT2D eigenvalue weighted by atomic mass is 10.1. The number of rotatable bonds is 12. The van der Waals surface area contributed by atoms with Gasteiger partial charge < -0.3 is 20.7 Å². The molecule has 2 unspecified atom stereocenters. The molecule has 2 atom stereocenters. The Hall–Kier alpha value is -3.10. The van der Waals surface area contributed by atoms with Crippen molar-refractivity contribution in [3.63, 3.8) is 0 Å². The van der Waals surface area contributed by atoms with E-state index in [0.717, 1.165) is 37.0 Å². The molecule has 5 N–H and O–H groups in total. The second-order valence-electron chi connectivity index (χ2n) is 8.23. The number of hydrogen-bond acceptors (Lipinski definition) is 5. The van der Waals surface area contributed by atoms with Crippen LogP contribution in [0.2, 0.25) is 0 Å². The average Bonchev–Trinajstić information content (AvgIpc) is 2.82. The van der Waals surface area contributed by atoms with Gasteiger partial charge in [0.05, 0.1) is 6.10 Å². The maximum absolute atomic E-state index is 12.9. The third-order valence-electron chi connectivity index (χ3n) is 5.26. The minimum atomic E-state index is -0.572. The predicted molar refractivity (Wildman–Crippen MR) is 129 cm³/mol. The zero-order valence-electron chi connectivity index (χ0n) is 19.7. The molecule has 0 bridgehead atoms. The quantitative estimate of drug-likeness (QED) is 0.276. The van der Waals surface area contributed by atoms with Gasteiger partial charge in [-0.15, -0.1) is 0 Å². The Balaban J connectivity index is 2.01. The molecule has 2 aromatic rings. The first-order valence-electron chi connectivity index (χ1n) is 11.5. The van der Waals surface area contributed by atoms with Gasteiger partial charge in [0, 0.05) is 30.4 Å². The van der Waals surface area contributed by atoms with Gasteiger partial charge in [0.1, 0.15) is 5.75 Å². The molecule has 0 heterocycles. The summed E-state index contributed by atoms with van der Waals surface area (Å²) in [4.78, 5) is 26.2. The van der Waals surface area contributed by atoms with Crippen LogP contribution in [0.15, 0.2) is 48.5 Å². The molecular weight excluding hydrogens is 420 g/mol. The summed E-state index contributed by atoms with van der Waals surface area (Å²) in [7, 11) is 0. The van der Waals surface area contributed by atoms with Crippen LogP contribution in [0.25, 0.3) is 0 Å². The lowest BCUT2D eigenvalue weighted by Crippen LogP contribution is -2.35. The smallest absolute Gasteiger partial charge is 0.322 e. The Bertz CT molecular complexity index is 869. The van der Waals surface area contributed by atoms with Crippen LogP contribution in [0.4, 0.5) is 10.5 Å². The van der Waals surface area contributed by atoms with E-state index >= 15 is 0 Å². The van der Waals surface area contributed by atoms with Crippen molar-refractivity contribution < 1.29 is 19.5 Å². The molecule has 8 nitrogen and oxygen atoms in total. The first-order chi connectivity index (χ1) is 15.9. The molecule has 0 saturated heterocycles. The molecule has 2 rings (SSSR count). The second kappa shape index (κ2) is 13.4. The number of unbranched alkanes of at least 4 members (excludes halogenated alkanes) is 1. The number of nitrogens with one attached hydrogen (secondary N) is 2. The van der Waals surface area contributed by atoms with E-state index in [-0.39, 0.29) is 18.2 Å². The maximum atomic E-state index is 12.9. The van der Waals surface area contributed by atoms with Crippen LogP contribution in [-0.2, 0) is 6.54 Å². The predicted octanol–water partition coefficient (Wildman–Crippen LogP) is 4.53. The fourth-order valence-corrected chi connectivity index (χ4v) is 3.37. The van der Waals surface area contributed by atoms with E-state index in [1.807, 2.05) is 31.2 Å². The molecule has 33 heavy (non-hydrogen) atoms. The Labute approximate surface area is 196 Å². The van der Waals surface area contributed by atoms with Gasteiger partial charge >= 0.3 is 6.03 Å². The van der Waals surface area contributed by atoms with E-state index in [2.05, 4.69) is 19.2 Å². The third kappa shape index (κ3) is 8.75. The fourth-order valence-electron chi connectivity index (χ4n) is 3.37. The number of carbonyl (C=O) groups excluding carboxylic acids is 2. The Morgan fingerprint density at radius 2 is 1.76 bits per heavy atom. The highest BCUT2D eigenvalue weighted by Gasteiger charge is 2.15. The summed E-state index contributed by atoms with van der Waals surface area (Å²) in [5.41, 5.74) is 9.42. The SMILES string of the molecule is CCCCN(Cc1ccc(C(=O)NO)cc1)C(=O)Nc1ccc(OC(CC)CC(C)N)cc1. The zero-order chi connectivity index (χ0) is 24.2. The van der Waals surface area contributed by atoms with Gasteiger partial charge in [0.15, 0.2) is 0 Å². The van der Waals surface area contributed by atoms with Crippen molar-refractivity contribution >= 4 is 17.6 Å². The van der Waals surface area contributed by atoms with E-state index in [1.54, 1.807) is 34.6 Å². The molecule has 0 aliphatic rings. The van der Waals surface area contributed by atoms with Crippen molar-refractivity contribution in [2.24, 2.45) is 5.73 Å². The second-order valence-corrected chi connectivity index (χ2v) is 8.23. The zero-order valence-corrected chi connectivity index (χ0v) is 19.7. The molecule has 0 radical (unpaired) electrons. The van der Waals surface area contributed by atoms with Gasteiger partial charge in [0.2, 0.25) is 0 Å². The summed E-state index contributed by atoms with van der Waals surface area (Å²) >= 11 is 0. The minimum absolute atomic E-state index is 0.0600. The topological polar surface area (TPSA) is 117 Å². The molecule has 0 spiro atoms. The highest BCUT2D eigenvalue weighted by Crippen LogP contribution is 2.20. The van der Waals surface area contributed by atoms with E-state index in [0.29, 0.717) is 24.3 Å². The van der Waals surface area contributed by atoms with Crippen LogP contribution in [0.1, 0.15) is 62.4 Å². The molecule has 2 aromatic carbocycles. The average molecular weight is 457 g/mol. The lowest BCUT2D eigenvalue weighted by Gasteiger charge is -2.23. The first kappa shape index (κ1) is 26.2. The number of ether oxygens (including phenoxy) is 1. The molecule has 0 aliphatic heterocycles. The molecule has 8 heteroatoms. The standard InChI is InChI=1S/C25H36N4O4/c1-4-6-15-29(17-19-7-9-20(10-8-19)24(30)28-32)25(31)27-21-11-13-23(14-12-21)33-22(5-2)16-18(3)26/h7-14,18,22,32H,4-6,15-17,26H2,1-3H3,(H,27,31)(H,28,30). The highest BCUT2D eigenvalue weighted by molar-refractivity contribution is 5.93. The number of nitrogens with two attached hydrogens (primary N) is 1. The van der Waals surface area contributed by atoms with E-state index in [1.165, 1.54) is 0 Å². The summed E-state index contributed by atoms with van der Waals surface area (Å²) in [5, 5.41) is 11.7. The van der Waals surface area contributed by atoms with Crippen LogP contribution >= 0.6 is 0 Å². The number of urea groups is 1. The van der Waals surface area contributed by atoms with Gasteiger partial charge in [0.25, 0.3) is 5.91 Å². The van der Waals surface area contributed by atoms with Crippen LogP contribution in [-0.4, -0.2) is 40.7 Å². The van der Waals surface area contributed by atoms with Crippen molar-refractivity contribution in [3.05, 3.63) is 59.7 Å². The molecule has 0 aliphatic carbocycles. The maximum Gasteiger partial charge on any atom is 0.322 e. The summed E-state index contributed by atoms with van der Waals surface area (Å²) < 4.78 is 6.00. The van der Waals surface area contributed by atoms with Crippen LogP contribution in [0, 0.1) is 0 Å². The van der Waals surface area contributed by atoms with Gasteiger partial charge in [-0.3, -0.25) is 10.0 Å². The molecule has 0 aromatic heterocycles. The summed E-state index contributed by atoms with van der Waals surface area (Å²) in [6.45, 7) is 7.13. The van der Waals surface area contributed by atoms with Gasteiger partial charge in [-0.05, 0) is 68.1 Å². The minimum Gasteiger partial charge on any atom is -0.490 e. The summed E-state index contributed by atoms with van der Waals surface area (Å²) in [5.74, 6) is 0.174. The normalized spacial score (nSPS) is 12.5. The first-order valence-corrected chi connectivity index (χ1v) is 11.5. The number of anilines is 1. The van der Waals surface area contributed by atoms with E-state index in [9.17, 15) is 9.59 Å². The van der Waals surface area contributed by atoms with Gasteiger partial charge in [-0.1, -0.05) is 32.4 Å². The molecule has 0 fully saturated rings. The summed E-state index contributed by atoms with van der Waals surface area (Å²) in [6.07, 6.45) is 3.56. The third-order valence-corrected chi connectivity index (χ3v) is 5.26. The highest BCUT2D eigenvalue weighted by atomic mass is 16.5. The number of carbonyl (C=O) groups is 2. The van der Waals surface area contributed by atoms with Crippen molar-refractivity contribution in [2.75, 3.05) is 11.9 Å². The number of amides is 3. The number of benzene rings is 2. The summed E-state index contributed by atoms with van der Waals surface area (Å²) in [6, 6.07) is 14.0. The van der Waals surface area contributed by atoms with Gasteiger partial charge in [-0.25, -0.2) is 10.3 Å². The Kier molecular flexibility index (Phi) is 10.7. The fraction of sp³-hybridized carbons (Fsp3) is 0.440. The van der Waals surface area contributed by atoms with E-state index < -0.39 is 5.91 Å². The van der Waals surface area contributed by atoms with Crippen LogP contribution < -0.4 is 21.3 Å². The molecule has 0 saturated carbocycles. The number of hydrogen-bond donors (Lipinski definition) is 4. The van der Waals surface area contributed by atoms with Crippen LogP contribution in [0.5, 0.6) is 5.75 Å². The monoisotopic (exact) mass is 456 g/mol. The van der Waals surface area contributed by atoms with Crippen molar-refractivity contribution in [1.82, 2.24) is 10.4 Å². The van der Waals surface area contributed by atoms with Crippen molar-refractivity contribution in [1.29, 1.82) is 0 Å². The van der Waals surface area contributed by atoms with Crippen molar-refractivity contribution in [3.8, 4) is 5.75 Å². The largest absolute Gasteiger partial charge is 0.490 e. The van der Waals surface area contributed by atoms with Gasteiger partial charge in [-0.2, -0.15) is 0 Å². The van der Waals surface area contributed by atoms with Crippen molar-refractivity contribution in [2.45, 2.75) is 65.1 Å². The molecular formula is C25H36N4O4. The lowest BCUT2D eigenvalue weighted by molar-refractivity contribution is 0.0706. The Morgan fingerprint density at radius 3 is 2.30 bits per heavy atom. The Morgan fingerprint density at radius 1 is 1.09 bits per heavy atom. The molecule has 3 amide bonds.